The van der Waals surface area contributed by atoms with Crippen LogP contribution in [0.15, 0.2) is 12.3 Å². The molecular weight excluding hydrogens is 216 g/mol. The van der Waals surface area contributed by atoms with E-state index in [-0.39, 0.29) is 11.4 Å². The molecule has 0 amide bonds. The quantitative estimate of drug-likeness (QED) is 0.754. The lowest BCUT2D eigenvalue weighted by atomic mass is 9.99. The van der Waals surface area contributed by atoms with Crippen molar-refractivity contribution in [2.24, 2.45) is 0 Å². The van der Waals surface area contributed by atoms with Crippen LogP contribution in [0, 0.1) is 6.92 Å². The largest absolute Gasteiger partial charge is 0.504 e. The molecule has 3 rings (SSSR count). The summed E-state index contributed by atoms with van der Waals surface area (Å²) in [7, 11) is 0. The lowest BCUT2D eigenvalue weighted by Gasteiger charge is -2.16. The second kappa shape index (κ2) is 3.09. The van der Waals surface area contributed by atoms with E-state index in [1.54, 1.807) is 12.3 Å². The van der Waals surface area contributed by atoms with Gasteiger partial charge in [0.2, 0.25) is 0 Å². The van der Waals surface area contributed by atoms with Crippen molar-refractivity contribution in [1.82, 2.24) is 9.97 Å². The van der Waals surface area contributed by atoms with Gasteiger partial charge in [-0.25, -0.2) is 9.97 Å². The molecule has 1 aliphatic heterocycles. The zero-order chi connectivity index (χ0) is 12.2. The molecule has 1 N–H and O–H groups in total. The Morgan fingerprint density at radius 3 is 2.94 bits per heavy atom. The first kappa shape index (κ1) is 10.3. The molecule has 0 fully saturated rings. The van der Waals surface area contributed by atoms with Gasteiger partial charge in [0.15, 0.2) is 11.5 Å². The minimum atomic E-state index is -0.285. The van der Waals surface area contributed by atoms with Crippen LogP contribution in [0.25, 0.3) is 10.9 Å². The third kappa shape index (κ3) is 1.52. The number of fused-ring (bicyclic) bond motifs is 3. The van der Waals surface area contributed by atoms with E-state index >= 15 is 0 Å². The highest BCUT2D eigenvalue weighted by atomic mass is 16.5. The third-order valence-corrected chi connectivity index (χ3v) is 3.00. The van der Waals surface area contributed by atoms with Gasteiger partial charge in [0, 0.05) is 23.6 Å². The van der Waals surface area contributed by atoms with Crippen LogP contribution in [-0.2, 0) is 6.42 Å². The Labute approximate surface area is 99.3 Å². The summed E-state index contributed by atoms with van der Waals surface area (Å²) >= 11 is 0. The van der Waals surface area contributed by atoms with Crippen molar-refractivity contribution in [3.8, 4) is 11.5 Å². The lowest BCUT2D eigenvalue weighted by molar-refractivity contribution is 0.134. The van der Waals surface area contributed by atoms with E-state index in [0.717, 1.165) is 28.7 Å². The van der Waals surface area contributed by atoms with E-state index in [1.807, 2.05) is 20.8 Å². The molecule has 0 spiro atoms. The van der Waals surface area contributed by atoms with Crippen molar-refractivity contribution in [2.45, 2.75) is 32.8 Å². The monoisotopic (exact) mass is 230 g/mol. The average Bonchev–Trinajstić information content (AvgIpc) is 2.56. The molecule has 1 aliphatic rings. The van der Waals surface area contributed by atoms with Gasteiger partial charge in [0.25, 0.3) is 0 Å². The van der Waals surface area contributed by atoms with E-state index in [0.29, 0.717) is 5.75 Å². The number of rotatable bonds is 0. The van der Waals surface area contributed by atoms with Gasteiger partial charge < -0.3 is 9.84 Å². The van der Waals surface area contributed by atoms with E-state index in [2.05, 4.69) is 9.97 Å². The Kier molecular flexibility index (Phi) is 1.88. The number of phenolic OH excluding ortho intramolecular Hbond substituents is 1. The van der Waals surface area contributed by atoms with Gasteiger partial charge in [-0.2, -0.15) is 0 Å². The topological polar surface area (TPSA) is 55.2 Å². The number of aryl methyl sites for hydroxylation is 1. The molecule has 0 bridgehead atoms. The maximum absolute atomic E-state index is 9.95. The predicted molar refractivity (Wildman–Crippen MR) is 64.4 cm³/mol. The molecule has 1 aromatic carbocycles. The number of benzene rings is 1. The normalized spacial score (nSPS) is 16.9. The van der Waals surface area contributed by atoms with Crippen molar-refractivity contribution in [1.29, 1.82) is 0 Å². The Morgan fingerprint density at radius 1 is 1.41 bits per heavy atom. The number of aromatic hydroxyl groups is 1. The summed E-state index contributed by atoms with van der Waals surface area (Å²) in [5.41, 5.74) is 1.58. The smallest absolute Gasteiger partial charge is 0.167 e. The second-order valence-corrected chi connectivity index (χ2v) is 5.10. The summed E-state index contributed by atoms with van der Waals surface area (Å²) in [6.45, 7) is 5.87. The fraction of sp³-hybridized carbons (Fsp3) is 0.385. The second-order valence-electron chi connectivity index (χ2n) is 5.10. The minimum absolute atomic E-state index is 0.172. The highest BCUT2D eigenvalue weighted by Gasteiger charge is 2.34. The Bertz CT molecular complexity index is 620. The van der Waals surface area contributed by atoms with Gasteiger partial charge in [0.05, 0.1) is 5.52 Å². The van der Waals surface area contributed by atoms with Crippen LogP contribution in [0.3, 0.4) is 0 Å². The van der Waals surface area contributed by atoms with Crippen molar-refractivity contribution in [2.75, 3.05) is 0 Å². The standard InChI is InChI=1S/C13H14N2O2/c1-7-14-6-8-4-10(16)12-9(11(8)15-7)5-13(2,3)17-12/h4,6,16H,5H2,1-3H3. The molecule has 0 saturated carbocycles. The van der Waals surface area contributed by atoms with Crippen LogP contribution in [0.2, 0.25) is 0 Å². The molecule has 0 atom stereocenters. The maximum Gasteiger partial charge on any atom is 0.167 e. The summed E-state index contributed by atoms with van der Waals surface area (Å²) in [6.07, 6.45) is 2.49. The summed E-state index contributed by atoms with van der Waals surface area (Å²) in [5, 5.41) is 10.8. The van der Waals surface area contributed by atoms with Gasteiger partial charge in [-0.05, 0) is 26.8 Å². The van der Waals surface area contributed by atoms with E-state index in [1.165, 1.54) is 0 Å². The first-order chi connectivity index (χ1) is 7.96. The van der Waals surface area contributed by atoms with Crippen LogP contribution in [0.4, 0.5) is 0 Å². The number of hydrogen-bond donors (Lipinski definition) is 1. The fourth-order valence-electron chi connectivity index (χ4n) is 2.32. The van der Waals surface area contributed by atoms with Gasteiger partial charge in [-0.3, -0.25) is 0 Å². The van der Waals surface area contributed by atoms with Crippen LogP contribution in [0.5, 0.6) is 11.5 Å². The van der Waals surface area contributed by atoms with Crippen molar-refractivity contribution in [3.05, 3.63) is 23.7 Å². The molecule has 2 heterocycles. The lowest BCUT2D eigenvalue weighted by Crippen LogP contribution is -2.24. The molecule has 17 heavy (non-hydrogen) atoms. The van der Waals surface area contributed by atoms with Crippen LogP contribution < -0.4 is 4.74 Å². The Morgan fingerprint density at radius 2 is 2.18 bits per heavy atom. The van der Waals surface area contributed by atoms with Gasteiger partial charge in [-0.1, -0.05) is 0 Å². The molecule has 0 aliphatic carbocycles. The number of phenols is 1. The molecule has 1 aromatic heterocycles. The van der Waals surface area contributed by atoms with Crippen LogP contribution in [0.1, 0.15) is 25.2 Å². The number of aromatic nitrogens is 2. The maximum atomic E-state index is 9.95. The Hall–Kier alpha value is -1.84. The SMILES string of the molecule is Cc1ncc2cc(O)c3c(c2n1)CC(C)(C)O3. The molecule has 4 nitrogen and oxygen atoms in total. The molecule has 4 heteroatoms. The molecule has 0 radical (unpaired) electrons. The van der Waals surface area contributed by atoms with E-state index in [9.17, 15) is 5.11 Å². The third-order valence-electron chi connectivity index (χ3n) is 3.00. The molecule has 88 valence electrons. The molecular formula is C13H14N2O2. The highest BCUT2D eigenvalue weighted by Crippen LogP contribution is 2.44. The van der Waals surface area contributed by atoms with Crippen molar-refractivity contribution < 1.29 is 9.84 Å². The zero-order valence-corrected chi connectivity index (χ0v) is 10.1. The summed E-state index contributed by atoms with van der Waals surface area (Å²) < 4.78 is 5.76. The van der Waals surface area contributed by atoms with Crippen LogP contribution >= 0.6 is 0 Å². The Balaban J connectivity index is 2.35. The zero-order valence-electron chi connectivity index (χ0n) is 10.1. The van der Waals surface area contributed by atoms with Gasteiger partial charge >= 0.3 is 0 Å². The number of nitrogens with zero attached hydrogens (tertiary/aromatic N) is 2. The average molecular weight is 230 g/mol. The van der Waals surface area contributed by atoms with Gasteiger partial charge in [0.1, 0.15) is 11.4 Å². The highest BCUT2D eigenvalue weighted by molar-refractivity contribution is 5.86. The first-order valence-electron chi connectivity index (χ1n) is 5.63. The fourth-order valence-corrected chi connectivity index (χ4v) is 2.32. The summed E-state index contributed by atoms with van der Waals surface area (Å²) in [6, 6.07) is 1.66. The van der Waals surface area contributed by atoms with Crippen molar-refractivity contribution >= 4 is 10.9 Å². The van der Waals surface area contributed by atoms with Crippen LogP contribution in [-0.4, -0.2) is 20.7 Å². The number of ether oxygens (including phenoxy) is 1. The first-order valence-corrected chi connectivity index (χ1v) is 5.63. The van der Waals surface area contributed by atoms with Gasteiger partial charge in [-0.15, -0.1) is 0 Å². The molecule has 0 unspecified atom stereocenters. The number of hydrogen-bond acceptors (Lipinski definition) is 4. The van der Waals surface area contributed by atoms with E-state index < -0.39 is 0 Å². The van der Waals surface area contributed by atoms with E-state index in [4.69, 9.17) is 4.74 Å². The summed E-state index contributed by atoms with van der Waals surface area (Å²) in [4.78, 5) is 8.60. The minimum Gasteiger partial charge on any atom is -0.504 e. The summed E-state index contributed by atoms with van der Waals surface area (Å²) in [5.74, 6) is 1.47. The predicted octanol–water partition coefficient (Wildman–Crippen LogP) is 2.36. The van der Waals surface area contributed by atoms with Crippen molar-refractivity contribution in [3.63, 3.8) is 0 Å². The molecule has 0 saturated heterocycles. The molecule has 2 aromatic rings.